The lowest BCUT2D eigenvalue weighted by Crippen LogP contribution is -2.29. The second-order valence-electron chi connectivity index (χ2n) is 6.98. The highest BCUT2D eigenvalue weighted by molar-refractivity contribution is 6.46. The molecule has 1 atom stereocenters. The molecule has 0 unspecified atom stereocenters. The Balaban J connectivity index is 1.88. The second-order valence-corrected chi connectivity index (χ2v) is 6.98. The van der Waals surface area contributed by atoms with Crippen molar-refractivity contribution in [3.05, 3.63) is 89.4 Å². The standard InChI is InChI=1S/C24H21NO6/c1-29-16-11-9-15(10-12-16)22(26)20-21(18-7-3-4-8-19(18)30-2)25(24(28)23(20)27)14-17-6-5-13-31-17/h3-13,21,26H,14H2,1-2H3/b22-20+/t21-/m1/s1. The zero-order valence-electron chi connectivity index (χ0n) is 17.1. The van der Waals surface area contributed by atoms with Gasteiger partial charge < -0.3 is 23.9 Å². The number of hydrogen-bond donors (Lipinski definition) is 1. The van der Waals surface area contributed by atoms with Gasteiger partial charge in [-0.15, -0.1) is 0 Å². The summed E-state index contributed by atoms with van der Waals surface area (Å²) in [5.74, 6) is -0.126. The molecule has 0 saturated carbocycles. The molecule has 1 fully saturated rings. The third kappa shape index (κ3) is 3.66. The molecule has 0 aliphatic carbocycles. The molecule has 31 heavy (non-hydrogen) atoms. The quantitative estimate of drug-likeness (QED) is 0.370. The zero-order chi connectivity index (χ0) is 22.0. The number of hydrogen-bond acceptors (Lipinski definition) is 6. The molecule has 0 spiro atoms. The van der Waals surface area contributed by atoms with Crippen LogP contribution in [0.25, 0.3) is 5.76 Å². The van der Waals surface area contributed by atoms with E-state index in [4.69, 9.17) is 13.9 Å². The first-order valence-electron chi connectivity index (χ1n) is 9.63. The van der Waals surface area contributed by atoms with Gasteiger partial charge in [0.25, 0.3) is 11.7 Å². The molecule has 1 aliphatic rings. The van der Waals surface area contributed by atoms with Crippen molar-refractivity contribution < 1.29 is 28.6 Å². The lowest BCUT2D eigenvalue weighted by Gasteiger charge is -2.25. The van der Waals surface area contributed by atoms with Gasteiger partial charge in [0.1, 0.15) is 23.0 Å². The number of ketones is 1. The van der Waals surface area contributed by atoms with Crippen LogP contribution < -0.4 is 9.47 Å². The SMILES string of the molecule is COc1ccc(/C(O)=C2\C(=O)C(=O)N(Cc3ccco3)[C@@H]2c2ccccc2OC)cc1. The van der Waals surface area contributed by atoms with Crippen molar-refractivity contribution in [3.8, 4) is 11.5 Å². The van der Waals surface area contributed by atoms with Gasteiger partial charge in [0, 0.05) is 11.1 Å². The normalized spacial score (nSPS) is 17.7. The van der Waals surface area contributed by atoms with Crippen molar-refractivity contribution in [2.45, 2.75) is 12.6 Å². The van der Waals surface area contributed by atoms with E-state index in [9.17, 15) is 14.7 Å². The fraction of sp³-hybridized carbons (Fsp3) is 0.167. The molecule has 2 heterocycles. The van der Waals surface area contributed by atoms with Crippen LogP contribution in [0, 0.1) is 0 Å². The molecule has 4 rings (SSSR count). The third-order valence-electron chi connectivity index (χ3n) is 5.24. The van der Waals surface area contributed by atoms with Crippen LogP contribution in [0.1, 0.15) is 22.9 Å². The molecule has 0 radical (unpaired) electrons. The molecule has 1 amide bonds. The van der Waals surface area contributed by atoms with E-state index in [1.807, 2.05) is 0 Å². The van der Waals surface area contributed by atoms with Gasteiger partial charge in [0.15, 0.2) is 0 Å². The summed E-state index contributed by atoms with van der Waals surface area (Å²) in [6, 6.07) is 16.3. The fourth-order valence-electron chi connectivity index (χ4n) is 3.73. The molecule has 2 aromatic carbocycles. The molecular weight excluding hydrogens is 398 g/mol. The first kappa shape index (κ1) is 20.3. The summed E-state index contributed by atoms with van der Waals surface area (Å²) in [7, 11) is 3.05. The van der Waals surface area contributed by atoms with Gasteiger partial charge in [-0.25, -0.2) is 0 Å². The smallest absolute Gasteiger partial charge is 0.296 e. The van der Waals surface area contributed by atoms with E-state index in [0.29, 0.717) is 28.4 Å². The lowest BCUT2D eigenvalue weighted by atomic mass is 9.94. The number of furan rings is 1. The number of para-hydroxylation sites is 1. The van der Waals surface area contributed by atoms with E-state index in [1.165, 1.54) is 25.4 Å². The number of rotatable bonds is 6. The minimum atomic E-state index is -0.844. The maximum absolute atomic E-state index is 13.1. The predicted molar refractivity (Wildman–Crippen MR) is 113 cm³/mol. The molecule has 1 N–H and O–H groups in total. The van der Waals surface area contributed by atoms with Crippen LogP contribution >= 0.6 is 0 Å². The van der Waals surface area contributed by atoms with E-state index >= 15 is 0 Å². The largest absolute Gasteiger partial charge is 0.507 e. The number of ether oxygens (including phenoxy) is 2. The molecule has 1 aliphatic heterocycles. The minimum absolute atomic E-state index is 0.00813. The average Bonchev–Trinajstić information content (AvgIpc) is 3.41. The number of aliphatic hydroxyl groups excluding tert-OH is 1. The number of carbonyl (C=O) groups excluding carboxylic acids is 2. The lowest BCUT2D eigenvalue weighted by molar-refractivity contribution is -0.140. The number of likely N-dealkylation sites (tertiary alicyclic amines) is 1. The number of nitrogens with zero attached hydrogens (tertiary/aromatic N) is 1. The van der Waals surface area contributed by atoms with Crippen LogP contribution in [0.15, 0.2) is 76.9 Å². The third-order valence-corrected chi connectivity index (χ3v) is 5.24. The first-order valence-corrected chi connectivity index (χ1v) is 9.63. The Morgan fingerprint density at radius 3 is 2.39 bits per heavy atom. The van der Waals surface area contributed by atoms with Gasteiger partial charge in [-0.2, -0.15) is 0 Å². The average molecular weight is 419 g/mol. The van der Waals surface area contributed by atoms with E-state index in [0.717, 1.165) is 0 Å². The van der Waals surface area contributed by atoms with Crippen molar-refractivity contribution in [2.24, 2.45) is 0 Å². The number of aliphatic hydroxyl groups is 1. The van der Waals surface area contributed by atoms with Gasteiger partial charge >= 0.3 is 0 Å². The summed E-state index contributed by atoms with van der Waals surface area (Å²) in [5, 5.41) is 11.1. The van der Waals surface area contributed by atoms with Crippen LogP contribution in [0.4, 0.5) is 0 Å². The topological polar surface area (TPSA) is 89.2 Å². The Bertz CT molecular complexity index is 1130. The number of benzene rings is 2. The van der Waals surface area contributed by atoms with Crippen molar-refractivity contribution in [1.82, 2.24) is 4.90 Å². The summed E-state index contributed by atoms with van der Waals surface area (Å²) >= 11 is 0. The van der Waals surface area contributed by atoms with Crippen LogP contribution in [-0.2, 0) is 16.1 Å². The molecular formula is C24H21NO6. The molecule has 0 bridgehead atoms. The zero-order valence-corrected chi connectivity index (χ0v) is 17.1. The van der Waals surface area contributed by atoms with Crippen molar-refractivity contribution >= 4 is 17.4 Å². The Kier molecular flexibility index (Phi) is 5.49. The van der Waals surface area contributed by atoms with Crippen LogP contribution in [0.2, 0.25) is 0 Å². The van der Waals surface area contributed by atoms with E-state index in [2.05, 4.69) is 0 Å². The highest BCUT2D eigenvalue weighted by Crippen LogP contribution is 2.43. The molecule has 158 valence electrons. The summed E-state index contributed by atoms with van der Waals surface area (Å²) in [4.78, 5) is 27.4. The number of carbonyl (C=O) groups is 2. The van der Waals surface area contributed by atoms with Crippen LogP contribution in [-0.4, -0.2) is 35.9 Å². The molecule has 1 aromatic heterocycles. The summed E-state index contributed by atoms with van der Waals surface area (Å²) < 4.78 is 16.0. The Labute approximate surface area is 179 Å². The maximum Gasteiger partial charge on any atom is 0.296 e. The Hall–Kier alpha value is -4.00. The maximum atomic E-state index is 13.1. The Morgan fingerprint density at radius 1 is 1.00 bits per heavy atom. The molecule has 1 saturated heterocycles. The van der Waals surface area contributed by atoms with Crippen molar-refractivity contribution in [3.63, 3.8) is 0 Å². The summed E-state index contributed by atoms with van der Waals surface area (Å²) in [6.45, 7) is 0.0691. The molecule has 7 nitrogen and oxygen atoms in total. The van der Waals surface area contributed by atoms with Crippen molar-refractivity contribution in [2.75, 3.05) is 14.2 Å². The number of amides is 1. The molecule has 3 aromatic rings. The van der Waals surface area contributed by atoms with E-state index in [-0.39, 0.29) is 17.9 Å². The first-order chi connectivity index (χ1) is 15.0. The van der Waals surface area contributed by atoms with Gasteiger partial charge in [-0.3, -0.25) is 9.59 Å². The van der Waals surface area contributed by atoms with Crippen molar-refractivity contribution in [1.29, 1.82) is 0 Å². The highest BCUT2D eigenvalue weighted by Gasteiger charge is 2.47. The monoisotopic (exact) mass is 419 g/mol. The fourth-order valence-corrected chi connectivity index (χ4v) is 3.73. The second kappa shape index (κ2) is 8.39. The highest BCUT2D eigenvalue weighted by atomic mass is 16.5. The Morgan fingerprint density at radius 2 is 1.74 bits per heavy atom. The van der Waals surface area contributed by atoms with Gasteiger partial charge in [-0.1, -0.05) is 18.2 Å². The van der Waals surface area contributed by atoms with Gasteiger partial charge in [0.2, 0.25) is 0 Å². The van der Waals surface area contributed by atoms with Crippen LogP contribution in [0.5, 0.6) is 11.5 Å². The molecule has 7 heteroatoms. The van der Waals surface area contributed by atoms with E-state index in [1.54, 1.807) is 60.7 Å². The summed E-state index contributed by atoms with van der Waals surface area (Å²) in [5.41, 5.74) is 0.980. The van der Waals surface area contributed by atoms with Crippen LogP contribution in [0.3, 0.4) is 0 Å². The van der Waals surface area contributed by atoms with Gasteiger partial charge in [-0.05, 0) is 42.5 Å². The summed E-state index contributed by atoms with van der Waals surface area (Å²) in [6.07, 6.45) is 1.50. The number of methoxy groups -OCH3 is 2. The van der Waals surface area contributed by atoms with Gasteiger partial charge in [0.05, 0.1) is 38.6 Å². The van der Waals surface area contributed by atoms with E-state index < -0.39 is 17.7 Å². The number of Topliss-reactive ketones (excluding diaryl/α,β-unsaturated/α-hetero) is 1. The minimum Gasteiger partial charge on any atom is -0.507 e. The predicted octanol–water partition coefficient (Wildman–Crippen LogP) is 3.92.